The van der Waals surface area contributed by atoms with Crippen molar-refractivity contribution in [3.05, 3.63) is 29.8 Å². The standard InChI is InChI=1S/C15H23N3OS/c1-10(16)13-4-6-14(7-5-13)17-15(19)18-8-9-20-12(3)11(18)2/h4-7,10-12H,8-9,16H2,1-3H3,(H,17,19). The second kappa shape index (κ2) is 6.50. The molecule has 1 aromatic rings. The van der Waals surface area contributed by atoms with E-state index in [0.29, 0.717) is 5.25 Å². The lowest BCUT2D eigenvalue weighted by Gasteiger charge is -2.37. The van der Waals surface area contributed by atoms with Gasteiger partial charge in [-0.3, -0.25) is 0 Å². The Bertz CT molecular complexity index is 461. The molecule has 0 aliphatic carbocycles. The van der Waals surface area contributed by atoms with Crippen LogP contribution in [0.1, 0.15) is 32.4 Å². The summed E-state index contributed by atoms with van der Waals surface area (Å²) in [4.78, 5) is 14.2. The van der Waals surface area contributed by atoms with E-state index in [4.69, 9.17) is 5.73 Å². The molecule has 0 aromatic heterocycles. The van der Waals surface area contributed by atoms with Crippen LogP contribution in [-0.2, 0) is 0 Å². The second-order valence-electron chi connectivity index (χ2n) is 5.35. The molecule has 1 aromatic carbocycles. The molecule has 1 aliphatic heterocycles. The predicted octanol–water partition coefficient (Wildman–Crippen LogP) is 3.06. The van der Waals surface area contributed by atoms with Gasteiger partial charge in [0.1, 0.15) is 0 Å². The molecule has 5 heteroatoms. The smallest absolute Gasteiger partial charge is 0.322 e. The number of rotatable bonds is 2. The third kappa shape index (κ3) is 3.46. The van der Waals surface area contributed by atoms with Gasteiger partial charge >= 0.3 is 6.03 Å². The van der Waals surface area contributed by atoms with Crippen molar-refractivity contribution in [2.24, 2.45) is 5.73 Å². The van der Waals surface area contributed by atoms with Crippen LogP contribution in [0, 0.1) is 0 Å². The number of carbonyl (C=O) groups is 1. The second-order valence-corrected chi connectivity index (χ2v) is 6.84. The molecule has 3 atom stereocenters. The van der Waals surface area contributed by atoms with Gasteiger partial charge in [-0.1, -0.05) is 19.1 Å². The van der Waals surface area contributed by atoms with Crippen molar-refractivity contribution in [3.8, 4) is 0 Å². The number of thioether (sulfide) groups is 1. The van der Waals surface area contributed by atoms with E-state index < -0.39 is 0 Å². The topological polar surface area (TPSA) is 58.4 Å². The summed E-state index contributed by atoms with van der Waals surface area (Å²) >= 11 is 1.92. The Balaban J connectivity index is 2.00. The highest BCUT2D eigenvalue weighted by Gasteiger charge is 2.28. The van der Waals surface area contributed by atoms with Crippen molar-refractivity contribution in [2.75, 3.05) is 17.6 Å². The predicted molar refractivity (Wildman–Crippen MR) is 86.2 cm³/mol. The molecule has 3 unspecified atom stereocenters. The number of carbonyl (C=O) groups excluding carboxylic acids is 1. The molecule has 1 fully saturated rings. The third-order valence-corrected chi connectivity index (χ3v) is 5.17. The van der Waals surface area contributed by atoms with Crippen LogP contribution in [0.3, 0.4) is 0 Å². The van der Waals surface area contributed by atoms with Crippen LogP contribution in [0.15, 0.2) is 24.3 Å². The summed E-state index contributed by atoms with van der Waals surface area (Å²) in [6, 6.07) is 7.99. The quantitative estimate of drug-likeness (QED) is 0.881. The van der Waals surface area contributed by atoms with Crippen molar-refractivity contribution < 1.29 is 4.79 Å². The van der Waals surface area contributed by atoms with E-state index in [1.54, 1.807) is 0 Å². The highest BCUT2D eigenvalue weighted by atomic mass is 32.2. The van der Waals surface area contributed by atoms with Crippen LogP contribution < -0.4 is 11.1 Å². The maximum atomic E-state index is 12.3. The number of hydrogen-bond donors (Lipinski definition) is 2. The van der Waals surface area contributed by atoms with Crippen LogP contribution in [-0.4, -0.2) is 34.5 Å². The minimum atomic E-state index is -0.0156. The molecule has 3 N–H and O–H groups in total. The largest absolute Gasteiger partial charge is 0.324 e. The first-order valence-electron chi connectivity index (χ1n) is 7.04. The normalized spacial score (nSPS) is 24.3. The monoisotopic (exact) mass is 293 g/mol. The SMILES string of the molecule is CC(N)c1ccc(NC(=O)N2CCSC(C)C2C)cc1. The Kier molecular flexibility index (Phi) is 4.94. The summed E-state index contributed by atoms with van der Waals surface area (Å²) in [6.45, 7) is 7.03. The van der Waals surface area contributed by atoms with E-state index >= 15 is 0 Å². The van der Waals surface area contributed by atoms with Crippen molar-refractivity contribution in [1.29, 1.82) is 0 Å². The first-order valence-corrected chi connectivity index (χ1v) is 8.08. The van der Waals surface area contributed by atoms with E-state index in [1.165, 1.54) is 0 Å². The van der Waals surface area contributed by atoms with Gasteiger partial charge in [-0.25, -0.2) is 4.79 Å². The van der Waals surface area contributed by atoms with Gasteiger partial charge in [0.25, 0.3) is 0 Å². The molecule has 1 aliphatic rings. The number of amides is 2. The molecular weight excluding hydrogens is 270 g/mol. The first kappa shape index (κ1) is 15.2. The number of nitrogens with one attached hydrogen (secondary N) is 1. The average molecular weight is 293 g/mol. The minimum absolute atomic E-state index is 0.0137. The number of nitrogens with zero attached hydrogens (tertiary/aromatic N) is 1. The summed E-state index contributed by atoms with van der Waals surface area (Å²) < 4.78 is 0. The molecule has 20 heavy (non-hydrogen) atoms. The summed E-state index contributed by atoms with van der Waals surface area (Å²) in [6.07, 6.45) is 0. The molecule has 0 spiro atoms. The van der Waals surface area contributed by atoms with Gasteiger partial charge in [0.2, 0.25) is 0 Å². The fraction of sp³-hybridized carbons (Fsp3) is 0.533. The Morgan fingerprint density at radius 2 is 2.05 bits per heavy atom. The highest BCUT2D eigenvalue weighted by molar-refractivity contribution is 8.00. The van der Waals surface area contributed by atoms with Crippen molar-refractivity contribution in [1.82, 2.24) is 4.90 Å². The molecule has 0 bridgehead atoms. The maximum absolute atomic E-state index is 12.3. The van der Waals surface area contributed by atoms with Gasteiger partial charge in [-0.15, -0.1) is 0 Å². The summed E-state index contributed by atoms with van der Waals surface area (Å²) in [5.74, 6) is 1.00. The molecule has 2 amide bonds. The van der Waals surface area contributed by atoms with Crippen molar-refractivity contribution in [2.45, 2.75) is 38.1 Å². The summed E-state index contributed by atoms with van der Waals surface area (Å²) in [5.41, 5.74) is 7.70. The molecule has 1 heterocycles. The fourth-order valence-corrected chi connectivity index (χ4v) is 3.38. The van der Waals surface area contributed by atoms with Crippen molar-refractivity contribution in [3.63, 3.8) is 0 Å². The lowest BCUT2D eigenvalue weighted by Crippen LogP contribution is -2.49. The zero-order valence-electron chi connectivity index (χ0n) is 12.3. The zero-order chi connectivity index (χ0) is 14.7. The lowest BCUT2D eigenvalue weighted by molar-refractivity contribution is 0.194. The van der Waals surface area contributed by atoms with E-state index in [1.807, 2.05) is 47.9 Å². The number of urea groups is 1. The van der Waals surface area contributed by atoms with E-state index in [9.17, 15) is 4.79 Å². The Morgan fingerprint density at radius 3 is 2.65 bits per heavy atom. The number of hydrogen-bond acceptors (Lipinski definition) is 3. The highest BCUT2D eigenvalue weighted by Crippen LogP contribution is 2.25. The van der Waals surface area contributed by atoms with E-state index in [-0.39, 0.29) is 18.1 Å². The molecule has 0 radical (unpaired) electrons. The lowest BCUT2D eigenvalue weighted by atomic mass is 10.1. The van der Waals surface area contributed by atoms with Gasteiger partial charge in [0.15, 0.2) is 0 Å². The molecule has 1 saturated heterocycles. The molecule has 0 saturated carbocycles. The Hall–Kier alpha value is -1.20. The first-order chi connectivity index (χ1) is 9.49. The van der Waals surface area contributed by atoms with Gasteiger partial charge < -0.3 is 16.0 Å². The molecule has 2 rings (SSSR count). The fourth-order valence-electron chi connectivity index (χ4n) is 2.29. The molecule has 4 nitrogen and oxygen atoms in total. The summed E-state index contributed by atoms with van der Waals surface area (Å²) in [7, 11) is 0. The number of nitrogens with two attached hydrogens (primary N) is 1. The van der Waals surface area contributed by atoms with E-state index in [0.717, 1.165) is 23.5 Å². The van der Waals surface area contributed by atoms with Gasteiger partial charge in [-0.05, 0) is 31.5 Å². The van der Waals surface area contributed by atoms with Crippen LogP contribution >= 0.6 is 11.8 Å². The van der Waals surface area contributed by atoms with Gasteiger partial charge in [-0.2, -0.15) is 11.8 Å². The average Bonchev–Trinajstić information content (AvgIpc) is 2.42. The third-order valence-electron chi connectivity index (χ3n) is 3.83. The molecular formula is C15H23N3OS. The van der Waals surface area contributed by atoms with Crippen LogP contribution in [0.5, 0.6) is 0 Å². The Morgan fingerprint density at radius 1 is 1.40 bits per heavy atom. The number of anilines is 1. The van der Waals surface area contributed by atoms with Crippen molar-refractivity contribution >= 4 is 23.5 Å². The van der Waals surface area contributed by atoms with Gasteiger partial charge in [0, 0.05) is 35.3 Å². The Labute approximate surface area is 125 Å². The van der Waals surface area contributed by atoms with Crippen LogP contribution in [0.4, 0.5) is 10.5 Å². The zero-order valence-corrected chi connectivity index (χ0v) is 13.1. The number of benzene rings is 1. The molecule has 110 valence electrons. The van der Waals surface area contributed by atoms with Crippen LogP contribution in [0.25, 0.3) is 0 Å². The summed E-state index contributed by atoms with van der Waals surface area (Å²) in [5, 5.41) is 3.45. The maximum Gasteiger partial charge on any atom is 0.322 e. The minimum Gasteiger partial charge on any atom is -0.324 e. The van der Waals surface area contributed by atoms with E-state index in [2.05, 4.69) is 19.2 Å². The van der Waals surface area contributed by atoms with Gasteiger partial charge in [0.05, 0.1) is 0 Å². The van der Waals surface area contributed by atoms with Crippen LogP contribution in [0.2, 0.25) is 0 Å².